The van der Waals surface area contributed by atoms with Crippen molar-refractivity contribution in [1.29, 1.82) is 5.26 Å². The Bertz CT molecular complexity index is 818. The average molecular weight is 321 g/mol. The Kier molecular flexibility index (Phi) is 4.13. The smallest absolute Gasteiger partial charge is 0.310 e. The summed E-state index contributed by atoms with van der Waals surface area (Å²) >= 11 is 0. The molecule has 24 heavy (non-hydrogen) atoms. The van der Waals surface area contributed by atoms with Crippen LogP contribution in [0.3, 0.4) is 0 Å². The van der Waals surface area contributed by atoms with Crippen molar-refractivity contribution in [3.8, 4) is 17.2 Å². The van der Waals surface area contributed by atoms with E-state index in [9.17, 15) is 10.1 Å². The number of aliphatic carboxylic acids is 1. The van der Waals surface area contributed by atoms with Gasteiger partial charge in [-0.1, -0.05) is 24.3 Å². The van der Waals surface area contributed by atoms with Crippen LogP contribution in [0.4, 0.5) is 11.4 Å². The molecule has 1 fully saturated rings. The lowest BCUT2D eigenvalue weighted by molar-refractivity contribution is -0.142. The number of para-hydroxylation sites is 1. The number of benzene rings is 2. The van der Waals surface area contributed by atoms with Gasteiger partial charge in [0.1, 0.15) is 6.07 Å². The van der Waals surface area contributed by atoms with Crippen molar-refractivity contribution in [1.82, 2.24) is 0 Å². The molecular formula is C19H19N3O2. The summed E-state index contributed by atoms with van der Waals surface area (Å²) in [4.78, 5) is 14.9. The van der Waals surface area contributed by atoms with Crippen LogP contribution >= 0.6 is 0 Å². The van der Waals surface area contributed by atoms with E-state index in [4.69, 9.17) is 5.11 Å². The maximum Gasteiger partial charge on any atom is 0.310 e. The first-order chi connectivity index (χ1) is 11.5. The molecule has 1 N–H and O–H groups in total. The quantitative estimate of drug-likeness (QED) is 0.938. The first kappa shape index (κ1) is 15.9. The van der Waals surface area contributed by atoms with E-state index in [2.05, 4.69) is 6.07 Å². The minimum absolute atomic E-state index is 0.342. The SMILES string of the molecule is CN(C)c1ccccc1-c1ccc(N2CC(C(=O)O)C2)c(C#N)c1. The third kappa shape index (κ3) is 2.79. The van der Waals surface area contributed by atoms with Crippen LogP contribution in [-0.2, 0) is 4.79 Å². The highest BCUT2D eigenvalue weighted by molar-refractivity contribution is 5.82. The van der Waals surface area contributed by atoms with Gasteiger partial charge in [0.15, 0.2) is 0 Å². The summed E-state index contributed by atoms with van der Waals surface area (Å²) in [7, 11) is 3.98. The van der Waals surface area contributed by atoms with Gasteiger partial charge in [-0.2, -0.15) is 5.26 Å². The van der Waals surface area contributed by atoms with Gasteiger partial charge in [-0.05, 0) is 23.8 Å². The molecule has 2 aromatic rings. The van der Waals surface area contributed by atoms with E-state index in [1.54, 1.807) is 0 Å². The fraction of sp³-hybridized carbons (Fsp3) is 0.263. The molecule has 1 aliphatic heterocycles. The second-order valence-corrected chi connectivity index (χ2v) is 6.20. The predicted octanol–water partition coefficient (Wildman–Crippen LogP) is 2.81. The van der Waals surface area contributed by atoms with Crippen molar-refractivity contribution in [2.75, 3.05) is 37.0 Å². The monoisotopic (exact) mass is 321 g/mol. The Morgan fingerprint density at radius 3 is 2.58 bits per heavy atom. The largest absolute Gasteiger partial charge is 0.481 e. The van der Waals surface area contributed by atoms with Gasteiger partial charge >= 0.3 is 5.97 Å². The zero-order chi connectivity index (χ0) is 17.3. The maximum absolute atomic E-state index is 11.0. The minimum atomic E-state index is -0.777. The Morgan fingerprint density at radius 2 is 1.96 bits per heavy atom. The topological polar surface area (TPSA) is 67.6 Å². The highest BCUT2D eigenvalue weighted by Crippen LogP contribution is 2.34. The zero-order valence-electron chi connectivity index (χ0n) is 13.7. The first-order valence-electron chi connectivity index (χ1n) is 7.80. The van der Waals surface area contributed by atoms with E-state index in [0.717, 1.165) is 22.5 Å². The molecule has 0 atom stereocenters. The molecule has 0 bridgehead atoms. The van der Waals surface area contributed by atoms with Gasteiger partial charge in [0.05, 0.1) is 17.2 Å². The molecule has 1 saturated heterocycles. The summed E-state index contributed by atoms with van der Waals surface area (Å²) in [6.45, 7) is 0.912. The van der Waals surface area contributed by atoms with E-state index in [1.165, 1.54) is 0 Å². The first-order valence-corrected chi connectivity index (χ1v) is 7.80. The highest BCUT2D eigenvalue weighted by Gasteiger charge is 2.33. The van der Waals surface area contributed by atoms with Crippen molar-refractivity contribution >= 4 is 17.3 Å². The van der Waals surface area contributed by atoms with Crippen molar-refractivity contribution in [2.45, 2.75) is 0 Å². The Labute approximate surface area is 141 Å². The lowest BCUT2D eigenvalue weighted by Gasteiger charge is -2.39. The van der Waals surface area contributed by atoms with Crippen LogP contribution in [0.1, 0.15) is 5.56 Å². The molecule has 0 radical (unpaired) electrons. The molecule has 5 heteroatoms. The van der Waals surface area contributed by atoms with Gasteiger partial charge in [0.25, 0.3) is 0 Å². The molecule has 0 amide bonds. The van der Waals surface area contributed by atoms with E-state index in [0.29, 0.717) is 18.7 Å². The summed E-state index contributed by atoms with van der Waals surface area (Å²) < 4.78 is 0. The third-order valence-electron chi connectivity index (χ3n) is 4.39. The van der Waals surface area contributed by atoms with Crippen LogP contribution in [0.2, 0.25) is 0 Å². The fourth-order valence-electron chi connectivity index (χ4n) is 3.01. The molecule has 2 aromatic carbocycles. The van der Waals surface area contributed by atoms with Gasteiger partial charge in [0.2, 0.25) is 0 Å². The number of hydrogen-bond acceptors (Lipinski definition) is 4. The molecular weight excluding hydrogens is 302 g/mol. The van der Waals surface area contributed by atoms with Crippen LogP contribution < -0.4 is 9.80 Å². The van der Waals surface area contributed by atoms with Gasteiger partial charge in [-0.3, -0.25) is 4.79 Å². The summed E-state index contributed by atoms with van der Waals surface area (Å²) in [5.74, 6) is -1.12. The van der Waals surface area contributed by atoms with E-state index in [-0.39, 0.29) is 5.92 Å². The zero-order valence-corrected chi connectivity index (χ0v) is 13.7. The molecule has 3 rings (SSSR count). The van der Waals surface area contributed by atoms with E-state index >= 15 is 0 Å². The van der Waals surface area contributed by atoms with Gasteiger partial charge in [-0.15, -0.1) is 0 Å². The number of nitriles is 1. The molecule has 0 saturated carbocycles. The number of carbonyl (C=O) groups is 1. The summed E-state index contributed by atoms with van der Waals surface area (Å²) in [5, 5.41) is 18.5. The van der Waals surface area contributed by atoms with Crippen molar-refractivity contribution in [3.05, 3.63) is 48.0 Å². The van der Waals surface area contributed by atoms with Crippen molar-refractivity contribution in [2.24, 2.45) is 5.92 Å². The average Bonchev–Trinajstić information content (AvgIpc) is 2.53. The van der Waals surface area contributed by atoms with Crippen LogP contribution in [0.5, 0.6) is 0 Å². The fourth-order valence-corrected chi connectivity index (χ4v) is 3.01. The van der Waals surface area contributed by atoms with Crippen LogP contribution in [-0.4, -0.2) is 38.3 Å². The summed E-state index contributed by atoms with van der Waals surface area (Å²) in [6.07, 6.45) is 0. The summed E-state index contributed by atoms with van der Waals surface area (Å²) in [5.41, 5.74) is 4.52. The van der Waals surface area contributed by atoms with Crippen LogP contribution in [0, 0.1) is 17.2 Å². The highest BCUT2D eigenvalue weighted by atomic mass is 16.4. The van der Waals surface area contributed by atoms with Crippen LogP contribution in [0.15, 0.2) is 42.5 Å². The van der Waals surface area contributed by atoms with Gasteiger partial charge < -0.3 is 14.9 Å². The minimum Gasteiger partial charge on any atom is -0.481 e. The van der Waals surface area contributed by atoms with E-state index in [1.807, 2.05) is 66.4 Å². The molecule has 0 unspecified atom stereocenters. The second kappa shape index (κ2) is 6.25. The molecule has 0 aliphatic carbocycles. The lowest BCUT2D eigenvalue weighted by Crippen LogP contribution is -2.50. The number of anilines is 2. The molecule has 1 heterocycles. The Balaban J connectivity index is 1.94. The normalized spacial score (nSPS) is 14.0. The van der Waals surface area contributed by atoms with Crippen LogP contribution in [0.25, 0.3) is 11.1 Å². The number of hydrogen-bond donors (Lipinski definition) is 1. The van der Waals surface area contributed by atoms with Crippen molar-refractivity contribution in [3.63, 3.8) is 0 Å². The Hall–Kier alpha value is -3.00. The molecule has 0 aromatic heterocycles. The molecule has 122 valence electrons. The number of rotatable bonds is 4. The lowest BCUT2D eigenvalue weighted by atomic mass is 9.95. The van der Waals surface area contributed by atoms with Gasteiger partial charge in [-0.25, -0.2) is 0 Å². The Morgan fingerprint density at radius 1 is 1.25 bits per heavy atom. The molecule has 5 nitrogen and oxygen atoms in total. The second-order valence-electron chi connectivity index (χ2n) is 6.20. The standard InChI is InChI=1S/C19H19N3O2/c1-21(2)18-6-4-3-5-16(18)13-7-8-17(14(9-13)10-20)22-11-15(12-22)19(23)24/h3-9,15H,11-12H2,1-2H3,(H,23,24). The van der Waals surface area contributed by atoms with E-state index < -0.39 is 5.97 Å². The number of nitrogens with zero attached hydrogens (tertiary/aromatic N) is 3. The molecule has 1 aliphatic rings. The van der Waals surface area contributed by atoms with Gasteiger partial charge in [0, 0.05) is 38.4 Å². The number of carboxylic acids is 1. The summed E-state index contributed by atoms with van der Waals surface area (Å²) in [6, 6.07) is 16.1. The third-order valence-corrected chi connectivity index (χ3v) is 4.39. The maximum atomic E-state index is 11.0. The molecule has 0 spiro atoms. The van der Waals surface area contributed by atoms with Crippen molar-refractivity contribution < 1.29 is 9.90 Å². The number of carboxylic acid groups (broad SMARTS) is 1. The predicted molar refractivity (Wildman–Crippen MR) is 94.3 cm³/mol.